The fourth-order valence-electron chi connectivity index (χ4n) is 3.44. The van der Waals surface area contributed by atoms with E-state index in [1.54, 1.807) is 0 Å². The minimum Gasteiger partial charge on any atom is -0.478 e. The Bertz CT molecular complexity index is 521. The molecule has 3 nitrogen and oxygen atoms in total. The second-order valence-corrected chi connectivity index (χ2v) is 5.73. The molecule has 0 spiro atoms. The van der Waals surface area contributed by atoms with Crippen molar-refractivity contribution in [2.45, 2.75) is 37.2 Å². The maximum absolute atomic E-state index is 11.0. The quantitative estimate of drug-likeness (QED) is 0.645. The van der Waals surface area contributed by atoms with E-state index in [1.807, 2.05) is 42.5 Å². The molecule has 2 rings (SSSR count). The van der Waals surface area contributed by atoms with Crippen LogP contribution in [0.2, 0.25) is 0 Å². The summed E-state index contributed by atoms with van der Waals surface area (Å²) in [6, 6.07) is 9.99. The topological polar surface area (TPSA) is 57.5 Å². The van der Waals surface area contributed by atoms with Crippen LogP contribution in [0.3, 0.4) is 0 Å². The van der Waals surface area contributed by atoms with Gasteiger partial charge >= 0.3 is 5.97 Å². The largest absolute Gasteiger partial charge is 0.478 e. The standard InChI is InChI=1S/C18H22O3/c1-2-6-15-13-16(19)9-11-18(15,12-10-17(20)21)14-7-4-3-5-8-14/h2-5,7-8,10,12,15-16,19H,1,6,9,11,13H2,(H,20,21). The third-order valence-corrected chi connectivity index (χ3v) is 4.46. The molecule has 1 aliphatic carbocycles. The van der Waals surface area contributed by atoms with Crippen molar-refractivity contribution in [3.63, 3.8) is 0 Å². The molecule has 0 heterocycles. The molecule has 1 aromatic rings. The lowest BCUT2D eigenvalue weighted by Crippen LogP contribution is -2.40. The van der Waals surface area contributed by atoms with Crippen molar-refractivity contribution < 1.29 is 15.0 Å². The average Bonchev–Trinajstić information content (AvgIpc) is 2.48. The van der Waals surface area contributed by atoms with E-state index in [2.05, 4.69) is 6.58 Å². The third kappa shape index (κ3) is 3.42. The smallest absolute Gasteiger partial charge is 0.328 e. The molecule has 112 valence electrons. The van der Waals surface area contributed by atoms with Crippen molar-refractivity contribution in [2.75, 3.05) is 0 Å². The van der Waals surface area contributed by atoms with Gasteiger partial charge in [-0.2, -0.15) is 0 Å². The molecule has 0 aromatic heterocycles. The van der Waals surface area contributed by atoms with Gasteiger partial charge in [0.15, 0.2) is 0 Å². The normalized spacial score (nSPS) is 29.4. The molecule has 0 amide bonds. The van der Waals surface area contributed by atoms with Crippen LogP contribution in [-0.4, -0.2) is 22.3 Å². The lowest BCUT2D eigenvalue weighted by atomic mass is 9.60. The summed E-state index contributed by atoms with van der Waals surface area (Å²) in [4.78, 5) is 11.0. The lowest BCUT2D eigenvalue weighted by molar-refractivity contribution is -0.131. The van der Waals surface area contributed by atoms with Crippen molar-refractivity contribution in [3.05, 3.63) is 60.7 Å². The molecule has 3 unspecified atom stereocenters. The van der Waals surface area contributed by atoms with Crippen molar-refractivity contribution in [1.82, 2.24) is 0 Å². The number of carboxylic acids is 1. The van der Waals surface area contributed by atoms with Crippen LogP contribution in [0.25, 0.3) is 0 Å². The van der Waals surface area contributed by atoms with Gasteiger partial charge in [0.2, 0.25) is 0 Å². The zero-order valence-electron chi connectivity index (χ0n) is 12.1. The zero-order chi connectivity index (χ0) is 15.3. The Morgan fingerprint density at radius 3 is 2.71 bits per heavy atom. The summed E-state index contributed by atoms with van der Waals surface area (Å²) in [6.07, 6.45) is 7.46. The molecule has 3 atom stereocenters. The first-order valence-electron chi connectivity index (χ1n) is 7.35. The molecule has 1 aromatic carbocycles. The van der Waals surface area contributed by atoms with Gasteiger partial charge < -0.3 is 10.2 Å². The van der Waals surface area contributed by atoms with E-state index in [4.69, 9.17) is 5.11 Å². The molecule has 1 aliphatic rings. The Hall–Kier alpha value is -1.87. The highest BCUT2D eigenvalue weighted by Crippen LogP contribution is 2.46. The van der Waals surface area contributed by atoms with E-state index in [0.717, 1.165) is 18.4 Å². The zero-order valence-corrected chi connectivity index (χ0v) is 12.1. The second kappa shape index (κ2) is 6.72. The molecular weight excluding hydrogens is 264 g/mol. The highest BCUT2D eigenvalue weighted by atomic mass is 16.4. The summed E-state index contributed by atoms with van der Waals surface area (Å²) in [7, 11) is 0. The number of benzene rings is 1. The van der Waals surface area contributed by atoms with E-state index in [-0.39, 0.29) is 17.4 Å². The van der Waals surface area contributed by atoms with E-state index in [0.29, 0.717) is 12.8 Å². The monoisotopic (exact) mass is 286 g/mol. The summed E-state index contributed by atoms with van der Waals surface area (Å²) in [5.41, 5.74) is 0.772. The van der Waals surface area contributed by atoms with Gasteiger partial charge in [-0.3, -0.25) is 0 Å². The molecule has 1 fully saturated rings. The van der Waals surface area contributed by atoms with Crippen LogP contribution in [0.4, 0.5) is 0 Å². The van der Waals surface area contributed by atoms with Gasteiger partial charge in [-0.25, -0.2) is 4.79 Å². The van der Waals surface area contributed by atoms with Gasteiger partial charge in [-0.1, -0.05) is 42.5 Å². The molecule has 0 aliphatic heterocycles. The number of rotatable bonds is 5. The van der Waals surface area contributed by atoms with E-state index in [1.165, 1.54) is 6.08 Å². The Kier molecular flexibility index (Phi) is 4.97. The van der Waals surface area contributed by atoms with Gasteiger partial charge in [-0.05, 0) is 37.2 Å². The molecule has 3 heteroatoms. The number of aliphatic hydroxyl groups excluding tert-OH is 1. The molecule has 1 saturated carbocycles. The number of aliphatic carboxylic acids is 1. The molecule has 0 bridgehead atoms. The SMILES string of the molecule is C=CCC1CC(O)CCC1(C=CC(=O)O)c1ccccc1. The van der Waals surface area contributed by atoms with E-state index in [9.17, 15) is 9.90 Å². The van der Waals surface area contributed by atoms with Crippen LogP contribution in [0.5, 0.6) is 0 Å². The Morgan fingerprint density at radius 2 is 2.10 bits per heavy atom. The number of allylic oxidation sites excluding steroid dienone is 2. The van der Waals surface area contributed by atoms with Crippen molar-refractivity contribution in [1.29, 1.82) is 0 Å². The number of hydrogen-bond donors (Lipinski definition) is 2. The summed E-state index contributed by atoms with van der Waals surface area (Å²) in [5.74, 6) is -0.773. The van der Waals surface area contributed by atoms with Crippen LogP contribution in [0.15, 0.2) is 55.1 Å². The number of aliphatic hydroxyl groups is 1. The predicted molar refractivity (Wildman–Crippen MR) is 83.1 cm³/mol. The van der Waals surface area contributed by atoms with Crippen molar-refractivity contribution in [3.8, 4) is 0 Å². The number of hydrogen-bond acceptors (Lipinski definition) is 2. The Morgan fingerprint density at radius 1 is 1.38 bits per heavy atom. The first kappa shape index (κ1) is 15.5. The van der Waals surface area contributed by atoms with Crippen LogP contribution in [-0.2, 0) is 10.2 Å². The number of carboxylic acid groups (broad SMARTS) is 1. The third-order valence-electron chi connectivity index (χ3n) is 4.46. The van der Waals surface area contributed by atoms with Gasteiger partial charge in [0.05, 0.1) is 6.10 Å². The van der Waals surface area contributed by atoms with Gasteiger partial charge in [0.1, 0.15) is 0 Å². The summed E-state index contributed by atoms with van der Waals surface area (Å²) in [5, 5.41) is 19.0. The minimum absolute atomic E-state index is 0.164. The first-order chi connectivity index (χ1) is 10.1. The predicted octanol–water partition coefficient (Wildman–Crippen LogP) is 3.30. The van der Waals surface area contributed by atoms with Gasteiger partial charge in [0.25, 0.3) is 0 Å². The van der Waals surface area contributed by atoms with Gasteiger partial charge in [0, 0.05) is 11.5 Å². The van der Waals surface area contributed by atoms with Crippen LogP contribution >= 0.6 is 0 Å². The van der Waals surface area contributed by atoms with E-state index >= 15 is 0 Å². The number of carbonyl (C=O) groups is 1. The highest BCUT2D eigenvalue weighted by Gasteiger charge is 2.42. The molecular formula is C18H22O3. The molecule has 0 radical (unpaired) electrons. The summed E-state index contributed by atoms with van der Waals surface area (Å²) in [6.45, 7) is 3.81. The highest BCUT2D eigenvalue weighted by molar-refractivity contribution is 5.80. The fourth-order valence-corrected chi connectivity index (χ4v) is 3.44. The van der Waals surface area contributed by atoms with E-state index < -0.39 is 5.97 Å². The average molecular weight is 286 g/mol. The summed E-state index contributed by atoms with van der Waals surface area (Å²) >= 11 is 0. The first-order valence-corrected chi connectivity index (χ1v) is 7.35. The molecule has 0 saturated heterocycles. The van der Waals surface area contributed by atoms with Crippen LogP contribution in [0, 0.1) is 5.92 Å². The maximum Gasteiger partial charge on any atom is 0.328 e. The Labute approximate surface area is 125 Å². The molecule has 21 heavy (non-hydrogen) atoms. The lowest BCUT2D eigenvalue weighted by Gasteiger charge is -2.44. The Balaban J connectivity index is 2.47. The fraction of sp³-hybridized carbons (Fsp3) is 0.389. The summed E-state index contributed by atoms with van der Waals surface area (Å²) < 4.78 is 0. The van der Waals surface area contributed by atoms with Crippen LogP contribution in [0.1, 0.15) is 31.2 Å². The maximum atomic E-state index is 11.0. The molecule has 2 N–H and O–H groups in total. The van der Waals surface area contributed by atoms with Crippen molar-refractivity contribution >= 4 is 5.97 Å². The second-order valence-electron chi connectivity index (χ2n) is 5.73. The van der Waals surface area contributed by atoms with Gasteiger partial charge in [-0.15, -0.1) is 6.58 Å². The van der Waals surface area contributed by atoms with Crippen LogP contribution < -0.4 is 0 Å². The van der Waals surface area contributed by atoms with Crippen molar-refractivity contribution in [2.24, 2.45) is 5.92 Å². The minimum atomic E-state index is -0.936.